The van der Waals surface area contributed by atoms with E-state index in [0.29, 0.717) is 0 Å². The van der Waals surface area contributed by atoms with Gasteiger partial charge in [0.25, 0.3) is 0 Å². The Kier molecular flexibility index (Phi) is 6.70. The number of hydrogen-bond acceptors (Lipinski definition) is 4. The molecule has 0 radical (unpaired) electrons. The fraction of sp³-hybridized carbons (Fsp3) is 0. The molecule has 0 saturated carbocycles. The minimum atomic E-state index is -0.895. The van der Waals surface area contributed by atoms with Crippen molar-refractivity contribution in [1.82, 2.24) is 0 Å². The first-order chi connectivity index (χ1) is 6.65. The fourth-order valence-corrected chi connectivity index (χ4v) is 0.834. The van der Waals surface area contributed by atoms with Crippen molar-refractivity contribution in [2.45, 2.75) is 0 Å². The van der Waals surface area contributed by atoms with Crippen LogP contribution in [0.2, 0.25) is 0 Å². The SMILES string of the molecule is C=CC(=O)OC(=O)c1ccccc1O.[KH]. The summed E-state index contributed by atoms with van der Waals surface area (Å²) in [5.74, 6) is -1.97. The van der Waals surface area contributed by atoms with Crippen LogP contribution in [0.15, 0.2) is 36.9 Å². The summed E-state index contributed by atoms with van der Waals surface area (Å²) in [6.45, 7) is 3.14. The summed E-state index contributed by atoms with van der Waals surface area (Å²) >= 11 is 0. The van der Waals surface area contributed by atoms with Crippen molar-refractivity contribution in [3.8, 4) is 5.75 Å². The Morgan fingerprint density at radius 1 is 1.33 bits per heavy atom. The van der Waals surface area contributed by atoms with E-state index in [4.69, 9.17) is 0 Å². The van der Waals surface area contributed by atoms with Gasteiger partial charge in [-0.2, -0.15) is 0 Å². The number of carbonyl (C=O) groups excluding carboxylic acids is 2. The molecule has 0 heterocycles. The minimum absolute atomic E-state index is 0. The third-order valence-corrected chi connectivity index (χ3v) is 1.48. The topological polar surface area (TPSA) is 63.6 Å². The van der Waals surface area contributed by atoms with Gasteiger partial charge in [-0.1, -0.05) is 18.7 Å². The number of rotatable bonds is 2. The molecule has 0 bridgehead atoms. The molecule has 0 aliphatic rings. The van der Waals surface area contributed by atoms with Gasteiger partial charge in [-0.25, -0.2) is 9.59 Å². The Bertz CT molecular complexity index is 387. The number of carbonyl (C=O) groups is 2. The van der Waals surface area contributed by atoms with Gasteiger partial charge in [0.2, 0.25) is 0 Å². The summed E-state index contributed by atoms with van der Waals surface area (Å²) in [6.07, 6.45) is 0.873. The average Bonchev–Trinajstić information content (AvgIpc) is 2.18. The maximum atomic E-state index is 11.2. The quantitative estimate of drug-likeness (QED) is 0.351. The second-order valence-electron chi connectivity index (χ2n) is 2.43. The van der Waals surface area contributed by atoms with Crippen molar-refractivity contribution in [2.24, 2.45) is 0 Å². The molecule has 1 rings (SSSR count). The molecule has 0 atom stereocenters. The van der Waals surface area contributed by atoms with Crippen LogP contribution in [0, 0.1) is 0 Å². The predicted octanol–water partition coefficient (Wildman–Crippen LogP) is 0.613. The number of ether oxygens (including phenoxy) is 1. The number of phenols is 1. The van der Waals surface area contributed by atoms with E-state index in [1.165, 1.54) is 12.1 Å². The van der Waals surface area contributed by atoms with Crippen LogP contribution in [0.1, 0.15) is 10.4 Å². The third-order valence-electron chi connectivity index (χ3n) is 1.48. The van der Waals surface area contributed by atoms with Gasteiger partial charge in [0.15, 0.2) is 0 Å². The van der Waals surface area contributed by atoms with E-state index in [9.17, 15) is 14.7 Å². The Hall–Kier alpha value is -0.464. The van der Waals surface area contributed by atoms with E-state index < -0.39 is 11.9 Å². The molecule has 4 nitrogen and oxygen atoms in total. The number of hydrogen-bond donors (Lipinski definition) is 1. The van der Waals surface area contributed by atoms with Gasteiger partial charge in [0, 0.05) is 6.08 Å². The van der Waals surface area contributed by atoms with Crippen LogP contribution in [0.25, 0.3) is 0 Å². The van der Waals surface area contributed by atoms with Crippen LogP contribution in [-0.4, -0.2) is 68.4 Å². The van der Waals surface area contributed by atoms with E-state index in [-0.39, 0.29) is 62.7 Å². The molecule has 1 N–H and O–H groups in total. The van der Waals surface area contributed by atoms with E-state index >= 15 is 0 Å². The molecular weight excluding hydrogens is 223 g/mol. The molecule has 5 heteroatoms. The zero-order valence-corrected chi connectivity index (χ0v) is 7.27. The van der Waals surface area contributed by atoms with Crippen LogP contribution in [0.3, 0.4) is 0 Å². The summed E-state index contributed by atoms with van der Waals surface area (Å²) in [5, 5.41) is 9.23. The zero-order valence-electron chi connectivity index (χ0n) is 7.27. The number of esters is 2. The van der Waals surface area contributed by atoms with Crippen molar-refractivity contribution in [3.63, 3.8) is 0 Å². The molecular formula is C10H9KO4. The van der Waals surface area contributed by atoms with Crippen molar-refractivity contribution >= 4 is 63.3 Å². The first-order valence-electron chi connectivity index (χ1n) is 3.81. The Labute approximate surface area is 129 Å². The van der Waals surface area contributed by atoms with Gasteiger partial charge in [-0.15, -0.1) is 0 Å². The molecule has 1 aromatic carbocycles. The molecule has 15 heavy (non-hydrogen) atoms. The molecule has 0 aromatic heterocycles. The molecule has 0 aliphatic heterocycles. The van der Waals surface area contributed by atoms with Gasteiger partial charge < -0.3 is 9.84 Å². The standard InChI is InChI=1S/C10H8O4.K.H/c1-2-9(12)14-10(13)7-5-3-4-6-8(7)11;;/h2-6,11H,1H2;;. The van der Waals surface area contributed by atoms with E-state index in [0.717, 1.165) is 6.08 Å². The molecule has 0 spiro atoms. The third kappa shape index (κ3) is 4.27. The van der Waals surface area contributed by atoms with Crippen LogP contribution >= 0.6 is 0 Å². The van der Waals surface area contributed by atoms with Crippen LogP contribution < -0.4 is 0 Å². The first kappa shape index (κ1) is 14.5. The normalized spacial score (nSPS) is 8.53. The van der Waals surface area contributed by atoms with Gasteiger partial charge in [-0.3, -0.25) is 0 Å². The van der Waals surface area contributed by atoms with Crippen LogP contribution in [0.5, 0.6) is 5.75 Å². The van der Waals surface area contributed by atoms with Gasteiger partial charge in [0.05, 0.1) is 0 Å². The van der Waals surface area contributed by atoms with E-state index in [1.807, 2.05) is 0 Å². The Morgan fingerprint density at radius 3 is 2.47 bits per heavy atom. The monoisotopic (exact) mass is 232 g/mol. The first-order valence-corrected chi connectivity index (χ1v) is 3.81. The maximum absolute atomic E-state index is 11.2. The molecule has 0 unspecified atom stereocenters. The van der Waals surface area contributed by atoms with Gasteiger partial charge in [0.1, 0.15) is 11.3 Å². The van der Waals surface area contributed by atoms with Gasteiger partial charge >= 0.3 is 63.3 Å². The average molecular weight is 232 g/mol. The van der Waals surface area contributed by atoms with Crippen molar-refractivity contribution < 1.29 is 19.4 Å². The Morgan fingerprint density at radius 2 is 1.93 bits per heavy atom. The molecule has 0 saturated heterocycles. The molecule has 1 aromatic rings. The van der Waals surface area contributed by atoms with E-state index in [2.05, 4.69) is 11.3 Å². The zero-order chi connectivity index (χ0) is 10.6. The van der Waals surface area contributed by atoms with Crippen LogP contribution in [-0.2, 0) is 9.53 Å². The second-order valence-corrected chi connectivity index (χ2v) is 2.43. The summed E-state index contributed by atoms with van der Waals surface area (Å²) in [6, 6.07) is 5.79. The number of benzene rings is 1. The number of para-hydroxylation sites is 1. The summed E-state index contributed by atoms with van der Waals surface area (Å²) in [4.78, 5) is 21.8. The van der Waals surface area contributed by atoms with Crippen LogP contribution in [0.4, 0.5) is 0 Å². The Balaban J connectivity index is 0.00000196. The number of aromatic hydroxyl groups is 1. The summed E-state index contributed by atoms with van der Waals surface area (Å²) < 4.78 is 4.31. The van der Waals surface area contributed by atoms with E-state index in [1.54, 1.807) is 12.1 Å². The van der Waals surface area contributed by atoms with Crippen molar-refractivity contribution in [1.29, 1.82) is 0 Å². The molecule has 0 aliphatic carbocycles. The molecule has 74 valence electrons. The predicted molar refractivity (Wildman–Crippen MR) is 55.9 cm³/mol. The summed E-state index contributed by atoms with van der Waals surface area (Å²) in [7, 11) is 0. The fourth-order valence-electron chi connectivity index (χ4n) is 0.834. The molecule has 0 amide bonds. The van der Waals surface area contributed by atoms with Crippen molar-refractivity contribution in [2.75, 3.05) is 0 Å². The van der Waals surface area contributed by atoms with Gasteiger partial charge in [-0.05, 0) is 12.1 Å². The number of phenolic OH excluding ortho intramolecular Hbond substituents is 1. The molecule has 0 fully saturated rings. The van der Waals surface area contributed by atoms with Crippen molar-refractivity contribution in [3.05, 3.63) is 42.5 Å². The summed E-state index contributed by atoms with van der Waals surface area (Å²) in [5.41, 5.74) is -0.0531. The second kappa shape index (κ2) is 6.92.